The quantitative estimate of drug-likeness (QED) is 0.824. The van der Waals surface area contributed by atoms with Crippen molar-refractivity contribution in [2.75, 3.05) is 31.1 Å². The Hall–Kier alpha value is -1.87. The Balaban J connectivity index is 1.77. The number of rotatable bonds is 4. The summed E-state index contributed by atoms with van der Waals surface area (Å²) in [5, 5.41) is 0.444. The average Bonchev–Trinajstić information content (AvgIpc) is 2.64. The van der Waals surface area contributed by atoms with Crippen LogP contribution in [0.5, 0.6) is 0 Å². The second-order valence-corrected chi connectivity index (χ2v) is 8.48. The Morgan fingerprint density at radius 3 is 2.42 bits per heavy atom. The summed E-state index contributed by atoms with van der Waals surface area (Å²) < 4.78 is 27.1. The zero-order chi connectivity index (χ0) is 18.9. The van der Waals surface area contributed by atoms with Gasteiger partial charge < -0.3 is 10.6 Å². The molecule has 0 radical (unpaired) electrons. The highest BCUT2D eigenvalue weighted by molar-refractivity contribution is 7.89. The Morgan fingerprint density at radius 1 is 1.08 bits per heavy atom. The summed E-state index contributed by atoms with van der Waals surface area (Å²) in [4.78, 5) is 17.1. The molecule has 1 saturated heterocycles. The van der Waals surface area contributed by atoms with Gasteiger partial charge in [0.15, 0.2) is 0 Å². The summed E-state index contributed by atoms with van der Waals surface area (Å²) in [5.41, 5.74) is 6.19. The van der Waals surface area contributed by atoms with Crippen LogP contribution in [-0.2, 0) is 10.0 Å². The second kappa shape index (κ2) is 7.40. The Labute approximate surface area is 161 Å². The number of anilines is 1. The highest BCUT2D eigenvalue weighted by Gasteiger charge is 2.30. The molecule has 2 heterocycles. The topological polar surface area (TPSA) is 96.6 Å². The van der Waals surface area contributed by atoms with Gasteiger partial charge in [0.25, 0.3) is 5.91 Å². The van der Waals surface area contributed by atoms with E-state index in [0.29, 0.717) is 18.1 Å². The molecule has 0 aliphatic carbocycles. The lowest BCUT2D eigenvalue weighted by Gasteiger charge is -2.35. The number of nitrogens with two attached hydrogens (primary N) is 1. The molecule has 26 heavy (non-hydrogen) atoms. The number of hydrogen-bond donors (Lipinski definition) is 1. The molecule has 1 aliphatic rings. The lowest BCUT2D eigenvalue weighted by molar-refractivity contribution is 0.0995. The number of carbonyl (C=O) groups is 1. The van der Waals surface area contributed by atoms with Gasteiger partial charge in [0.1, 0.15) is 10.6 Å². The van der Waals surface area contributed by atoms with E-state index in [2.05, 4.69) is 4.98 Å². The number of hydrogen-bond acceptors (Lipinski definition) is 5. The van der Waals surface area contributed by atoms with E-state index in [1.54, 1.807) is 18.2 Å². The molecule has 2 aromatic rings. The minimum Gasteiger partial charge on any atom is -0.369 e. The maximum atomic E-state index is 12.8. The molecular formula is C16H16Cl2N4O3S. The molecule has 1 amide bonds. The number of sulfonamides is 1. The summed E-state index contributed by atoms with van der Waals surface area (Å²) >= 11 is 12.0. The fourth-order valence-corrected chi connectivity index (χ4v) is 4.91. The smallest absolute Gasteiger partial charge is 0.267 e. The van der Waals surface area contributed by atoms with Gasteiger partial charge in [0, 0.05) is 43.1 Å². The normalized spacial score (nSPS) is 15.8. The third-order valence-corrected chi connectivity index (χ3v) is 6.73. The van der Waals surface area contributed by atoms with Gasteiger partial charge in [0.2, 0.25) is 10.0 Å². The summed E-state index contributed by atoms with van der Waals surface area (Å²) in [5.74, 6) is -0.608. The Bertz CT molecular complexity index is 944. The number of aromatic nitrogens is 1. The molecule has 0 saturated carbocycles. The van der Waals surface area contributed by atoms with Gasteiger partial charge in [-0.15, -0.1) is 0 Å². The number of nitrogens with zero attached hydrogens (tertiary/aromatic N) is 3. The van der Waals surface area contributed by atoms with Crippen LogP contribution in [0.25, 0.3) is 0 Å². The van der Waals surface area contributed by atoms with E-state index >= 15 is 0 Å². The first kappa shape index (κ1) is 18.9. The molecule has 1 aromatic carbocycles. The van der Waals surface area contributed by atoms with Gasteiger partial charge >= 0.3 is 0 Å². The summed E-state index contributed by atoms with van der Waals surface area (Å²) in [7, 11) is -3.74. The third-order valence-electron chi connectivity index (χ3n) is 4.11. The second-order valence-electron chi connectivity index (χ2n) is 5.73. The SMILES string of the molecule is NC(=O)c1cc(N2CCN(S(=O)(=O)c3cc(Cl)ccc3Cl)CC2)ccn1. The molecule has 0 unspecified atom stereocenters. The number of halogens is 2. The van der Waals surface area contributed by atoms with Crippen LogP contribution < -0.4 is 10.6 Å². The van der Waals surface area contributed by atoms with E-state index in [0.717, 1.165) is 5.69 Å². The molecule has 10 heteroatoms. The van der Waals surface area contributed by atoms with Crippen molar-refractivity contribution in [3.05, 3.63) is 52.3 Å². The van der Waals surface area contributed by atoms with Crippen LogP contribution in [0.2, 0.25) is 10.0 Å². The van der Waals surface area contributed by atoms with Crippen LogP contribution in [0.1, 0.15) is 10.5 Å². The summed E-state index contributed by atoms with van der Waals surface area (Å²) in [6, 6.07) is 7.72. The maximum Gasteiger partial charge on any atom is 0.267 e. The van der Waals surface area contributed by atoms with Gasteiger partial charge in [-0.3, -0.25) is 9.78 Å². The van der Waals surface area contributed by atoms with Crippen molar-refractivity contribution in [2.45, 2.75) is 4.90 Å². The number of primary amides is 1. The molecule has 0 atom stereocenters. The van der Waals surface area contributed by atoms with E-state index in [1.807, 2.05) is 4.90 Å². The van der Waals surface area contributed by atoms with Crippen LogP contribution in [0.15, 0.2) is 41.4 Å². The van der Waals surface area contributed by atoms with Gasteiger partial charge in [0.05, 0.1) is 5.02 Å². The minimum atomic E-state index is -3.74. The van der Waals surface area contributed by atoms with E-state index < -0.39 is 15.9 Å². The maximum absolute atomic E-state index is 12.8. The molecule has 7 nitrogen and oxygen atoms in total. The van der Waals surface area contributed by atoms with E-state index in [-0.39, 0.29) is 28.7 Å². The molecule has 0 bridgehead atoms. The zero-order valence-corrected chi connectivity index (χ0v) is 15.9. The highest BCUT2D eigenvalue weighted by Crippen LogP contribution is 2.29. The lowest BCUT2D eigenvalue weighted by atomic mass is 10.2. The predicted octanol–water partition coefficient (Wildman–Crippen LogP) is 2.00. The largest absolute Gasteiger partial charge is 0.369 e. The predicted molar refractivity (Wildman–Crippen MR) is 100 cm³/mol. The van der Waals surface area contributed by atoms with Gasteiger partial charge in [-0.25, -0.2) is 8.42 Å². The van der Waals surface area contributed by atoms with Crippen molar-refractivity contribution in [1.82, 2.24) is 9.29 Å². The molecule has 138 valence electrons. The molecular weight excluding hydrogens is 399 g/mol. The molecule has 2 N–H and O–H groups in total. The first-order valence-electron chi connectivity index (χ1n) is 7.75. The Kier molecular flexibility index (Phi) is 5.38. The van der Waals surface area contributed by atoms with Crippen molar-refractivity contribution in [3.63, 3.8) is 0 Å². The van der Waals surface area contributed by atoms with Gasteiger partial charge in [-0.1, -0.05) is 23.2 Å². The fraction of sp³-hybridized carbons (Fsp3) is 0.250. The van der Waals surface area contributed by atoms with Gasteiger partial charge in [-0.05, 0) is 30.3 Å². The average molecular weight is 415 g/mol. The monoisotopic (exact) mass is 414 g/mol. The first-order valence-corrected chi connectivity index (χ1v) is 9.94. The first-order chi connectivity index (χ1) is 12.3. The van der Waals surface area contributed by atoms with E-state index in [1.165, 1.54) is 22.6 Å². The van der Waals surface area contributed by atoms with Crippen molar-refractivity contribution in [2.24, 2.45) is 5.73 Å². The van der Waals surface area contributed by atoms with Crippen molar-refractivity contribution < 1.29 is 13.2 Å². The molecule has 1 aliphatic heterocycles. The molecule has 0 spiro atoms. The lowest BCUT2D eigenvalue weighted by Crippen LogP contribution is -2.48. The highest BCUT2D eigenvalue weighted by atomic mass is 35.5. The number of piperazine rings is 1. The van der Waals surface area contributed by atoms with Crippen molar-refractivity contribution in [3.8, 4) is 0 Å². The number of carbonyl (C=O) groups excluding carboxylic acids is 1. The van der Waals surface area contributed by atoms with E-state index in [4.69, 9.17) is 28.9 Å². The molecule has 1 fully saturated rings. The van der Waals surface area contributed by atoms with Crippen LogP contribution in [0.3, 0.4) is 0 Å². The number of benzene rings is 1. The van der Waals surface area contributed by atoms with Crippen LogP contribution >= 0.6 is 23.2 Å². The van der Waals surface area contributed by atoms with Crippen LogP contribution in [0.4, 0.5) is 5.69 Å². The number of pyridine rings is 1. The number of amides is 1. The van der Waals surface area contributed by atoms with Crippen molar-refractivity contribution in [1.29, 1.82) is 0 Å². The zero-order valence-electron chi connectivity index (χ0n) is 13.6. The van der Waals surface area contributed by atoms with Crippen LogP contribution in [-0.4, -0.2) is 49.8 Å². The third kappa shape index (κ3) is 3.78. The van der Waals surface area contributed by atoms with Crippen molar-refractivity contribution >= 4 is 44.8 Å². The van der Waals surface area contributed by atoms with E-state index in [9.17, 15) is 13.2 Å². The van der Waals surface area contributed by atoms with Gasteiger partial charge in [-0.2, -0.15) is 4.31 Å². The van der Waals surface area contributed by atoms with Crippen LogP contribution in [0, 0.1) is 0 Å². The molecule has 1 aromatic heterocycles. The standard InChI is InChI=1S/C16H16Cl2N4O3S/c17-11-1-2-13(18)15(9-11)26(24,25)22-7-5-21(6-8-22)12-3-4-20-14(10-12)16(19)23/h1-4,9-10H,5-8H2,(H2,19,23). The minimum absolute atomic E-state index is 0.0000393. The fourth-order valence-electron chi connectivity index (χ4n) is 2.75. The molecule has 3 rings (SSSR count). The summed E-state index contributed by atoms with van der Waals surface area (Å²) in [6.07, 6.45) is 1.50. The Morgan fingerprint density at radius 2 is 1.77 bits per heavy atom. The summed E-state index contributed by atoms with van der Waals surface area (Å²) in [6.45, 7) is 1.47.